The number of carbonyl (C=O) groups excluding carboxylic acids is 1. The third-order valence-corrected chi connectivity index (χ3v) is 3.34. The van der Waals surface area contributed by atoms with Crippen LogP contribution < -0.4 is 4.90 Å². The van der Waals surface area contributed by atoms with E-state index >= 15 is 0 Å². The fraction of sp³-hybridized carbons (Fsp3) is 0.273. The molecule has 0 aliphatic carbocycles. The second-order valence-electron chi connectivity index (χ2n) is 3.61. The average Bonchev–Trinajstić information content (AvgIpc) is 2.64. The minimum Gasteiger partial charge on any atom is -0.310 e. The number of nitrogens with zero attached hydrogens (tertiary/aromatic N) is 2. The number of hydrogen-bond acceptors (Lipinski definition) is 2. The SMILES string of the molecule is N#CC1CC(=O)N(c2cccc(Cl)c2Cl)C1. The Bertz CT molecular complexity index is 481. The van der Waals surface area contributed by atoms with Gasteiger partial charge in [-0.15, -0.1) is 0 Å². The summed E-state index contributed by atoms with van der Waals surface area (Å²) < 4.78 is 0. The number of amides is 1. The Morgan fingerprint density at radius 3 is 2.81 bits per heavy atom. The zero-order chi connectivity index (χ0) is 11.7. The van der Waals surface area contributed by atoms with Crippen molar-refractivity contribution >= 4 is 34.8 Å². The predicted octanol–water partition coefficient (Wildman–Crippen LogP) is 2.87. The lowest BCUT2D eigenvalue weighted by molar-refractivity contribution is -0.117. The van der Waals surface area contributed by atoms with Gasteiger partial charge in [-0.25, -0.2) is 0 Å². The van der Waals surface area contributed by atoms with Gasteiger partial charge in [0, 0.05) is 13.0 Å². The second-order valence-corrected chi connectivity index (χ2v) is 4.39. The van der Waals surface area contributed by atoms with E-state index < -0.39 is 0 Å². The van der Waals surface area contributed by atoms with Crippen molar-refractivity contribution in [1.82, 2.24) is 0 Å². The molecule has 16 heavy (non-hydrogen) atoms. The molecule has 1 saturated heterocycles. The van der Waals surface area contributed by atoms with E-state index in [1.165, 1.54) is 4.90 Å². The van der Waals surface area contributed by atoms with Crippen LogP contribution in [0.1, 0.15) is 6.42 Å². The largest absolute Gasteiger partial charge is 0.310 e. The van der Waals surface area contributed by atoms with Crippen LogP contribution in [0.5, 0.6) is 0 Å². The van der Waals surface area contributed by atoms with Gasteiger partial charge in [0.2, 0.25) is 5.91 Å². The van der Waals surface area contributed by atoms with Crippen LogP contribution in [-0.4, -0.2) is 12.5 Å². The standard InChI is InChI=1S/C11H8Cl2N2O/c12-8-2-1-3-9(11(8)13)15-6-7(5-14)4-10(15)16/h1-3,7H,4,6H2. The van der Waals surface area contributed by atoms with Crippen LogP contribution >= 0.6 is 23.2 Å². The first kappa shape index (κ1) is 11.3. The number of nitriles is 1. The molecule has 1 aliphatic rings. The molecule has 82 valence electrons. The van der Waals surface area contributed by atoms with Gasteiger partial charge in [0.1, 0.15) is 0 Å². The van der Waals surface area contributed by atoms with Crippen LogP contribution in [0.3, 0.4) is 0 Å². The fourth-order valence-electron chi connectivity index (χ4n) is 1.73. The van der Waals surface area contributed by atoms with Crippen molar-refractivity contribution in [1.29, 1.82) is 5.26 Å². The van der Waals surface area contributed by atoms with Crippen molar-refractivity contribution in [3.63, 3.8) is 0 Å². The highest BCUT2D eigenvalue weighted by Gasteiger charge is 2.31. The van der Waals surface area contributed by atoms with Gasteiger partial charge in [-0.3, -0.25) is 4.79 Å². The van der Waals surface area contributed by atoms with Gasteiger partial charge in [0.25, 0.3) is 0 Å². The Hall–Kier alpha value is -1.24. The number of halogens is 2. The first-order valence-corrected chi connectivity index (χ1v) is 5.53. The molecule has 1 heterocycles. The molecule has 1 fully saturated rings. The van der Waals surface area contributed by atoms with E-state index in [0.29, 0.717) is 22.3 Å². The fourth-order valence-corrected chi connectivity index (χ4v) is 2.13. The van der Waals surface area contributed by atoms with Gasteiger partial charge in [0.05, 0.1) is 27.7 Å². The topological polar surface area (TPSA) is 44.1 Å². The summed E-state index contributed by atoms with van der Waals surface area (Å²) in [6, 6.07) is 7.21. The summed E-state index contributed by atoms with van der Waals surface area (Å²) in [5.74, 6) is -0.349. The number of benzene rings is 1. The predicted molar refractivity (Wildman–Crippen MR) is 62.5 cm³/mol. The van der Waals surface area contributed by atoms with E-state index in [1.54, 1.807) is 18.2 Å². The highest BCUT2D eigenvalue weighted by molar-refractivity contribution is 6.44. The van der Waals surface area contributed by atoms with Crippen LogP contribution in [0, 0.1) is 17.2 Å². The smallest absolute Gasteiger partial charge is 0.228 e. The van der Waals surface area contributed by atoms with Crippen molar-refractivity contribution in [3.8, 4) is 6.07 Å². The summed E-state index contributed by atoms with van der Waals surface area (Å²) >= 11 is 11.9. The molecule has 1 aromatic carbocycles. The Balaban J connectivity index is 2.36. The Labute approximate surface area is 103 Å². The van der Waals surface area contributed by atoms with Gasteiger partial charge in [0.15, 0.2) is 0 Å². The molecule has 1 aliphatic heterocycles. The summed E-state index contributed by atoms with van der Waals surface area (Å²) in [5.41, 5.74) is 0.580. The molecule has 0 saturated carbocycles. The summed E-state index contributed by atoms with van der Waals surface area (Å²) in [6.07, 6.45) is 0.249. The van der Waals surface area contributed by atoms with E-state index in [2.05, 4.69) is 6.07 Å². The third kappa shape index (κ3) is 1.87. The van der Waals surface area contributed by atoms with Crippen LogP contribution in [-0.2, 0) is 4.79 Å². The molecule has 0 radical (unpaired) electrons. The van der Waals surface area contributed by atoms with E-state index in [9.17, 15) is 4.79 Å². The van der Waals surface area contributed by atoms with Crippen LogP contribution in [0.4, 0.5) is 5.69 Å². The number of hydrogen-bond donors (Lipinski definition) is 0. The minimum atomic E-state index is -0.262. The van der Waals surface area contributed by atoms with Gasteiger partial charge in [-0.1, -0.05) is 29.3 Å². The molecule has 1 aromatic rings. The van der Waals surface area contributed by atoms with Crippen molar-refractivity contribution in [2.24, 2.45) is 5.92 Å². The Morgan fingerprint density at radius 1 is 1.44 bits per heavy atom. The highest BCUT2D eigenvalue weighted by Crippen LogP contribution is 2.35. The van der Waals surface area contributed by atoms with Gasteiger partial charge in [-0.2, -0.15) is 5.26 Å². The van der Waals surface area contributed by atoms with Crippen molar-refractivity contribution in [3.05, 3.63) is 28.2 Å². The molecule has 5 heteroatoms. The lowest BCUT2D eigenvalue weighted by Gasteiger charge is -2.17. The van der Waals surface area contributed by atoms with E-state index in [0.717, 1.165) is 0 Å². The zero-order valence-corrected chi connectivity index (χ0v) is 9.79. The molecule has 0 bridgehead atoms. The normalized spacial score (nSPS) is 19.9. The molecule has 1 atom stereocenters. The lowest BCUT2D eigenvalue weighted by atomic mass is 10.1. The van der Waals surface area contributed by atoms with Crippen molar-refractivity contribution < 1.29 is 4.79 Å². The molecule has 2 rings (SSSR count). The van der Waals surface area contributed by atoms with Crippen molar-refractivity contribution in [2.45, 2.75) is 6.42 Å². The summed E-state index contributed by atoms with van der Waals surface area (Å²) in [4.78, 5) is 13.2. The van der Waals surface area contributed by atoms with Crippen LogP contribution in [0.15, 0.2) is 18.2 Å². The molecule has 1 unspecified atom stereocenters. The summed E-state index contributed by atoms with van der Waals surface area (Å²) in [6.45, 7) is 0.384. The van der Waals surface area contributed by atoms with E-state index in [-0.39, 0.29) is 18.2 Å². The first-order chi connectivity index (χ1) is 7.63. The first-order valence-electron chi connectivity index (χ1n) is 4.77. The quantitative estimate of drug-likeness (QED) is 0.774. The molecule has 0 spiro atoms. The maximum absolute atomic E-state index is 11.7. The van der Waals surface area contributed by atoms with Crippen LogP contribution in [0.25, 0.3) is 0 Å². The van der Waals surface area contributed by atoms with Gasteiger partial charge in [-0.05, 0) is 12.1 Å². The Morgan fingerprint density at radius 2 is 2.19 bits per heavy atom. The van der Waals surface area contributed by atoms with Gasteiger partial charge < -0.3 is 4.90 Å². The molecule has 3 nitrogen and oxygen atoms in total. The van der Waals surface area contributed by atoms with Crippen molar-refractivity contribution in [2.75, 3.05) is 11.4 Å². The molecular formula is C11H8Cl2N2O. The monoisotopic (exact) mass is 254 g/mol. The molecular weight excluding hydrogens is 247 g/mol. The number of anilines is 1. The van der Waals surface area contributed by atoms with E-state index in [4.69, 9.17) is 28.5 Å². The molecule has 0 aromatic heterocycles. The maximum Gasteiger partial charge on any atom is 0.228 e. The lowest BCUT2D eigenvalue weighted by Crippen LogP contribution is -2.24. The van der Waals surface area contributed by atoms with Gasteiger partial charge >= 0.3 is 0 Å². The summed E-state index contributed by atoms with van der Waals surface area (Å²) in [5, 5.41) is 9.55. The maximum atomic E-state index is 11.7. The van der Waals surface area contributed by atoms with E-state index in [1.807, 2.05) is 0 Å². The number of rotatable bonds is 1. The minimum absolute atomic E-state index is 0.0873. The van der Waals surface area contributed by atoms with Crippen LogP contribution in [0.2, 0.25) is 10.0 Å². The molecule has 1 amide bonds. The summed E-state index contributed by atoms with van der Waals surface area (Å²) in [7, 11) is 0. The molecule has 0 N–H and O–H groups in total. The number of carbonyl (C=O) groups is 1. The highest BCUT2D eigenvalue weighted by atomic mass is 35.5. The Kier molecular flexibility index (Phi) is 3.04. The zero-order valence-electron chi connectivity index (χ0n) is 8.28. The third-order valence-electron chi connectivity index (χ3n) is 2.53. The second kappa shape index (κ2) is 4.32. The average molecular weight is 255 g/mol.